The first kappa shape index (κ1) is 17.0. The third-order valence-electron chi connectivity index (χ3n) is 3.46. The van der Waals surface area contributed by atoms with Crippen LogP contribution in [0.3, 0.4) is 0 Å². The number of likely N-dealkylation sites (N-methyl/N-ethyl adjacent to an activating group) is 1. The molecule has 1 atom stereocenters. The van der Waals surface area contributed by atoms with Crippen LogP contribution in [0.1, 0.15) is 22.8 Å². The van der Waals surface area contributed by atoms with Crippen molar-refractivity contribution in [1.29, 1.82) is 0 Å². The van der Waals surface area contributed by atoms with Gasteiger partial charge in [0.2, 0.25) is 5.91 Å². The van der Waals surface area contributed by atoms with Gasteiger partial charge in [-0.1, -0.05) is 41.9 Å². The van der Waals surface area contributed by atoms with Gasteiger partial charge in [0.1, 0.15) is 6.04 Å². The molecule has 0 aliphatic rings. The van der Waals surface area contributed by atoms with Crippen LogP contribution >= 0.6 is 11.6 Å². The van der Waals surface area contributed by atoms with Crippen LogP contribution in [0.2, 0.25) is 5.02 Å². The Kier molecular flexibility index (Phi) is 5.77. The molecule has 1 unspecified atom stereocenters. The fourth-order valence-corrected chi connectivity index (χ4v) is 2.33. The van der Waals surface area contributed by atoms with Gasteiger partial charge in [0.05, 0.1) is 0 Å². The van der Waals surface area contributed by atoms with Crippen molar-refractivity contribution in [3.8, 4) is 0 Å². The maximum atomic E-state index is 12.4. The molecule has 0 aliphatic carbocycles. The number of hydrogen-bond donors (Lipinski definition) is 1. The van der Waals surface area contributed by atoms with Crippen molar-refractivity contribution in [3.63, 3.8) is 0 Å². The van der Waals surface area contributed by atoms with E-state index in [0.29, 0.717) is 17.1 Å². The third-order valence-corrected chi connectivity index (χ3v) is 3.72. The summed E-state index contributed by atoms with van der Waals surface area (Å²) < 4.78 is 0. The first-order chi connectivity index (χ1) is 11.0. The van der Waals surface area contributed by atoms with Gasteiger partial charge in [-0.15, -0.1) is 0 Å². The molecule has 5 heteroatoms. The number of rotatable bonds is 5. The van der Waals surface area contributed by atoms with Crippen LogP contribution in [-0.4, -0.2) is 29.8 Å². The molecule has 0 radical (unpaired) electrons. The van der Waals surface area contributed by atoms with E-state index in [0.717, 1.165) is 5.56 Å². The van der Waals surface area contributed by atoms with Crippen LogP contribution in [0.15, 0.2) is 54.6 Å². The Hall–Kier alpha value is -2.33. The Morgan fingerprint density at radius 1 is 1.09 bits per heavy atom. The second-order valence-corrected chi connectivity index (χ2v) is 5.82. The lowest BCUT2D eigenvalue weighted by Crippen LogP contribution is -2.45. The van der Waals surface area contributed by atoms with E-state index in [2.05, 4.69) is 5.32 Å². The molecule has 0 heterocycles. The van der Waals surface area contributed by atoms with Crippen LogP contribution in [-0.2, 0) is 11.3 Å². The minimum atomic E-state index is -0.605. The van der Waals surface area contributed by atoms with Crippen molar-refractivity contribution in [3.05, 3.63) is 70.7 Å². The van der Waals surface area contributed by atoms with Crippen LogP contribution < -0.4 is 5.32 Å². The number of carbonyl (C=O) groups is 2. The molecule has 2 aromatic carbocycles. The van der Waals surface area contributed by atoms with E-state index >= 15 is 0 Å². The summed E-state index contributed by atoms with van der Waals surface area (Å²) in [6.07, 6.45) is 0. The van der Waals surface area contributed by atoms with Crippen molar-refractivity contribution in [1.82, 2.24) is 10.2 Å². The Morgan fingerprint density at radius 2 is 1.70 bits per heavy atom. The summed E-state index contributed by atoms with van der Waals surface area (Å²) in [5.41, 5.74) is 1.51. The molecule has 1 N–H and O–H groups in total. The molecular formula is C18H19ClN2O2. The van der Waals surface area contributed by atoms with Gasteiger partial charge in [0, 0.05) is 24.2 Å². The van der Waals surface area contributed by atoms with Gasteiger partial charge in [0.15, 0.2) is 0 Å². The third kappa shape index (κ3) is 4.83. The lowest BCUT2D eigenvalue weighted by Gasteiger charge is -2.22. The number of hydrogen-bond acceptors (Lipinski definition) is 2. The minimum Gasteiger partial charge on any atom is -0.341 e. The summed E-state index contributed by atoms with van der Waals surface area (Å²) in [6, 6.07) is 15.6. The van der Waals surface area contributed by atoms with Crippen molar-refractivity contribution >= 4 is 23.4 Å². The van der Waals surface area contributed by atoms with Gasteiger partial charge in [-0.05, 0) is 36.8 Å². The standard InChI is InChI=1S/C18H19ClN2O2/c1-13(20-17(22)15-8-10-16(19)11-9-15)18(23)21(2)12-14-6-4-3-5-7-14/h3-11,13H,12H2,1-2H3,(H,20,22). The van der Waals surface area contributed by atoms with E-state index in [1.54, 1.807) is 43.1 Å². The van der Waals surface area contributed by atoms with Crippen LogP contribution in [0, 0.1) is 0 Å². The molecule has 0 saturated carbocycles. The van der Waals surface area contributed by atoms with Crippen molar-refractivity contribution in [2.24, 2.45) is 0 Å². The summed E-state index contributed by atoms with van der Waals surface area (Å²) in [6.45, 7) is 2.18. The Balaban J connectivity index is 1.93. The smallest absolute Gasteiger partial charge is 0.251 e. The topological polar surface area (TPSA) is 49.4 Å². The molecule has 2 rings (SSSR count). The second-order valence-electron chi connectivity index (χ2n) is 5.38. The number of benzene rings is 2. The molecule has 0 aromatic heterocycles. The van der Waals surface area contributed by atoms with Crippen LogP contribution in [0.4, 0.5) is 0 Å². The van der Waals surface area contributed by atoms with E-state index in [9.17, 15) is 9.59 Å². The number of nitrogens with zero attached hydrogens (tertiary/aromatic N) is 1. The lowest BCUT2D eigenvalue weighted by molar-refractivity contribution is -0.132. The summed E-state index contributed by atoms with van der Waals surface area (Å²) in [7, 11) is 1.72. The minimum absolute atomic E-state index is 0.142. The van der Waals surface area contributed by atoms with Crippen molar-refractivity contribution in [2.45, 2.75) is 19.5 Å². The largest absolute Gasteiger partial charge is 0.341 e. The molecule has 2 aromatic rings. The highest BCUT2D eigenvalue weighted by Gasteiger charge is 2.20. The molecule has 0 spiro atoms. The Labute approximate surface area is 141 Å². The number of nitrogens with one attached hydrogen (secondary N) is 1. The first-order valence-corrected chi connectivity index (χ1v) is 7.70. The summed E-state index contributed by atoms with van der Waals surface area (Å²) >= 11 is 5.80. The van der Waals surface area contributed by atoms with E-state index in [-0.39, 0.29) is 11.8 Å². The van der Waals surface area contributed by atoms with Gasteiger partial charge in [-0.3, -0.25) is 9.59 Å². The van der Waals surface area contributed by atoms with Crippen LogP contribution in [0.25, 0.3) is 0 Å². The highest BCUT2D eigenvalue weighted by Crippen LogP contribution is 2.10. The quantitative estimate of drug-likeness (QED) is 0.915. The predicted octanol–water partition coefficient (Wildman–Crippen LogP) is 3.12. The highest BCUT2D eigenvalue weighted by molar-refractivity contribution is 6.30. The van der Waals surface area contributed by atoms with Crippen molar-refractivity contribution in [2.75, 3.05) is 7.05 Å². The van der Waals surface area contributed by atoms with Crippen LogP contribution in [0.5, 0.6) is 0 Å². The predicted molar refractivity (Wildman–Crippen MR) is 91.3 cm³/mol. The highest BCUT2D eigenvalue weighted by atomic mass is 35.5. The molecule has 0 aliphatic heterocycles. The van der Waals surface area contributed by atoms with Gasteiger partial charge in [0.25, 0.3) is 5.91 Å². The van der Waals surface area contributed by atoms with Gasteiger partial charge < -0.3 is 10.2 Å². The number of amides is 2. The zero-order valence-electron chi connectivity index (χ0n) is 13.1. The summed E-state index contributed by atoms with van der Waals surface area (Å²) in [5.74, 6) is -0.438. The fraction of sp³-hybridized carbons (Fsp3) is 0.222. The van der Waals surface area contributed by atoms with Gasteiger partial charge >= 0.3 is 0 Å². The van der Waals surface area contributed by atoms with Crippen molar-refractivity contribution < 1.29 is 9.59 Å². The fourth-order valence-electron chi connectivity index (χ4n) is 2.21. The molecule has 2 amide bonds. The van der Waals surface area contributed by atoms with E-state index < -0.39 is 6.04 Å². The van der Waals surface area contributed by atoms with E-state index in [1.165, 1.54) is 0 Å². The molecule has 23 heavy (non-hydrogen) atoms. The molecular weight excluding hydrogens is 312 g/mol. The molecule has 120 valence electrons. The van der Waals surface area contributed by atoms with E-state index in [1.807, 2.05) is 30.3 Å². The van der Waals surface area contributed by atoms with E-state index in [4.69, 9.17) is 11.6 Å². The zero-order valence-corrected chi connectivity index (χ0v) is 13.9. The molecule has 0 fully saturated rings. The number of halogens is 1. The second kappa shape index (κ2) is 7.79. The van der Waals surface area contributed by atoms with Gasteiger partial charge in [-0.2, -0.15) is 0 Å². The Morgan fingerprint density at radius 3 is 2.30 bits per heavy atom. The molecule has 0 saturated heterocycles. The maximum Gasteiger partial charge on any atom is 0.251 e. The average Bonchev–Trinajstić information content (AvgIpc) is 2.55. The molecule has 0 bridgehead atoms. The maximum absolute atomic E-state index is 12.4. The monoisotopic (exact) mass is 330 g/mol. The average molecular weight is 331 g/mol. The summed E-state index contributed by atoms with van der Waals surface area (Å²) in [4.78, 5) is 26.1. The lowest BCUT2D eigenvalue weighted by atomic mass is 10.2. The zero-order chi connectivity index (χ0) is 16.8. The summed E-state index contributed by atoms with van der Waals surface area (Å²) in [5, 5.41) is 3.27. The number of carbonyl (C=O) groups excluding carboxylic acids is 2. The molecule has 4 nitrogen and oxygen atoms in total. The first-order valence-electron chi connectivity index (χ1n) is 7.32. The Bertz CT molecular complexity index is 671. The normalized spacial score (nSPS) is 11.6. The van der Waals surface area contributed by atoms with Gasteiger partial charge in [-0.25, -0.2) is 0 Å². The SMILES string of the molecule is CC(NC(=O)c1ccc(Cl)cc1)C(=O)N(C)Cc1ccccc1.